The van der Waals surface area contributed by atoms with Crippen molar-refractivity contribution < 1.29 is 18.0 Å². The summed E-state index contributed by atoms with van der Waals surface area (Å²) < 4.78 is 37.9. The molecule has 1 saturated heterocycles. The molecule has 1 fully saturated rings. The number of carbonyl (C=O) groups excluding carboxylic acids is 1. The summed E-state index contributed by atoms with van der Waals surface area (Å²) in [6.07, 6.45) is 1.55. The highest BCUT2D eigenvalue weighted by Crippen LogP contribution is 2.31. The van der Waals surface area contributed by atoms with Crippen LogP contribution in [0.5, 0.6) is 0 Å². The summed E-state index contributed by atoms with van der Waals surface area (Å²) in [4.78, 5) is 13.9. The maximum Gasteiger partial charge on any atom is 0.416 e. The Balaban J connectivity index is 1.42. The number of nitrogens with zero attached hydrogens (tertiary/aromatic N) is 2. The summed E-state index contributed by atoms with van der Waals surface area (Å²) in [5, 5.41) is 9.22. The minimum atomic E-state index is -4.30. The molecule has 0 spiro atoms. The third-order valence-corrected chi connectivity index (χ3v) is 4.77. The molecule has 1 aliphatic heterocycles. The van der Waals surface area contributed by atoms with Crippen molar-refractivity contribution in [2.24, 2.45) is 5.92 Å². The number of anilines is 1. The molecule has 2 heterocycles. The predicted octanol–water partition coefficient (Wildman–Crippen LogP) is 3.47. The van der Waals surface area contributed by atoms with Gasteiger partial charge in [-0.05, 0) is 49.4 Å². The Kier molecular flexibility index (Phi) is 5.49. The minimum absolute atomic E-state index is 0.138. The number of halogens is 3. The van der Waals surface area contributed by atoms with E-state index in [0.29, 0.717) is 18.0 Å². The van der Waals surface area contributed by atoms with Crippen molar-refractivity contribution in [3.8, 4) is 0 Å². The lowest BCUT2D eigenvalue weighted by atomic mass is 9.93. The minimum Gasteiger partial charge on any atom is -0.372 e. The van der Waals surface area contributed by atoms with Crippen LogP contribution in [0, 0.1) is 5.92 Å². The highest BCUT2D eigenvalue weighted by molar-refractivity contribution is 5.93. The van der Waals surface area contributed by atoms with Gasteiger partial charge >= 0.3 is 6.18 Å². The Bertz CT molecular complexity index is 705. The number of carbonyl (C=O) groups is 1. The summed E-state index contributed by atoms with van der Waals surface area (Å²) in [5.41, 5.74) is 0.719. The number of nitrogens with one attached hydrogen (secondary N) is 2. The van der Waals surface area contributed by atoms with E-state index in [0.717, 1.165) is 50.2 Å². The lowest BCUT2D eigenvalue weighted by Crippen LogP contribution is -2.35. The average molecular weight is 366 g/mol. The average Bonchev–Trinajstić information content (AvgIpc) is 3.16. The monoisotopic (exact) mass is 366 g/mol. The molecule has 0 aliphatic carbocycles. The number of hydrogen-bond donors (Lipinski definition) is 2. The van der Waals surface area contributed by atoms with Crippen LogP contribution in [0.2, 0.25) is 0 Å². The van der Waals surface area contributed by atoms with Gasteiger partial charge < -0.3 is 10.2 Å². The number of aromatic amines is 1. The number of H-pyrrole nitrogens is 1. The third kappa shape index (κ3) is 4.56. The molecule has 0 saturated carbocycles. The van der Waals surface area contributed by atoms with E-state index in [2.05, 4.69) is 20.4 Å². The van der Waals surface area contributed by atoms with Gasteiger partial charge in [-0.3, -0.25) is 9.89 Å². The molecule has 0 atom stereocenters. The van der Waals surface area contributed by atoms with Crippen LogP contribution in [0.1, 0.15) is 35.2 Å². The van der Waals surface area contributed by atoms with Gasteiger partial charge in [0.1, 0.15) is 0 Å². The van der Waals surface area contributed by atoms with Crippen molar-refractivity contribution in [2.45, 2.75) is 25.4 Å². The number of amides is 1. The number of piperidine rings is 1. The zero-order valence-corrected chi connectivity index (χ0v) is 14.2. The van der Waals surface area contributed by atoms with E-state index in [1.807, 2.05) is 0 Å². The maximum absolute atomic E-state index is 12.6. The largest absolute Gasteiger partial charge is 0.416 e. The Morgan fingerprint density at radius 1 is 1.23 bits per heavy atom. The summed E-state index contributed by atoms with van der Waals surface area (Å²) in [5.74, 6) is 0.367. The van der Waals surface area contributed by atoms with E-state index in [9.17, 15) is 18.0 Å². The molecule has 1 amide bonds. The molecule has 26 heavy (non-hydrogen) atoms. The Morgan fingerprint density at radius 3 is 2.50 bits per heavy atom. The van der Waals surface area contributed by atoms with Gasteiger partial charge in [-0.25, -0.2) is 0 Å². The Morgan fingerprint density at radius 2 is 1.92 bits per heavy atom. The van der Waals surface area contributed by atoms with Crippen molar-refractivity contribution >= 4 is 11.6 Å². The van der Waals surface area contributed by atoms with Gasteiger partial charge in [0.15, 0.2) is 0 Å². The number of alkyl halides is 3. The zero-order valence-electron chi connectivity index (χ0n) is 14.2. The van der Waals surface area contributed by atoms with Crippen LogP contribution in [0.15, 0.2) is 36.7 Å². The maximum atomic E-state index is 12.6. The number of hydrogen-bond acceptors (Lipinski definition) is 3. The number of aromatic nitrogens is 2. The Hall–Kier alpha value is -2.51. The van der Waals surface area contributed by atoms with E-state index >= 15 is 0 Å². The smallest absolute Gasteiger partial charge is 0.372 e. The van der Waals surface area contributed by atoms with Gasteiger partial charge in [0.05, 0.1) is 17.3 Å². The summed E-state index contributed by atoms with van der Waals surface area (Å²) in [6, 6.07) is 5.34. The molecule has 5 nitrogen and oxygen atoms in total. The predicted molar refractivity (Wildman–Crippen MR) is 91.9 cm³/mol. The lowest BCUT2D eigenvalue weighted by Gasteiger charge is -2.33. The number of rotatable bonds is 5. The van der Waals surface area contributed by atoms with Crippen LogP contribution in [-0.4, -0.2) is 35.7 Å². The first kappa shape index (κ1) is 18.3. The van der Waals surface area contributed by atoms with Crippen molar-refractivity contribution in [3.05, 3.63) is 47.8 Å². The van der Waals surface area contributed by atoms with Crippen LogP contribution in [-0.2, 0) is 6.18 Å². The van der Waals surface area contributed by atoms with Gasteiger partial charge in [0, 0.05) is 31.5 Å². The molecule has 1 aromatic heterocycles. The quantitative estimate of drug-likeness (QED) is 0.852. The third-order valence-electron chi connectivity index (χ3n) is 4.77. The zero-order chi connectivity index (χ0) is 18.6. The normalized spacial score (nSPS) is 15.9. The first-order valence-corrected chi connectivity index (χ1v) is 8.62. The van der Waals surface area contributed by atoms with Crippen LogP contribution in [0.4, 0.5) is 18.9 Å². The van der Waals surface area contributed by atoms with E-state index in [4.69, 9.17) is 0 Å². The molecular weight excluding hydrogens is 345 g/mol. The summed E-state index contributed by atoms with van der Waals surface area (Å²) in [6.45, 7) is 2.23. The molecular formula is C18H21F3N4O. The molecule has 1 aromatic carbocycles. The van der Waals surface area contributed by atoms with Crippen LogP contribution in [0.3, 0.4) is 0 Å². The molecule has 1 aliphatic rings. The van der Waals surface area contributed by atoms with Crippen molar-refractivity contribution in [3.63, 3.8) is 0 Å². The molecule has 3 rings (SSSR count). The highest BCUT2D eigenvalue weighted by Gasteiger charge is 2.30. The highest BCUT2D eigenvalue weighted by atomic mass is 19.4. The van der Waals surface area contributed by atoms with E-state index in [1.165, 1.54) is 18.3 Å². The summed E-state index contributed by atoms with van der Waals surface area (Å²) in [7, 11) is 0. The standard InChI is InChI=1S/C18H21F3N4O/c19-18(20,21)15-1-3-16(4-2-15)25-9-6-13(7-10-25)5-8-22-17(26)14-11-23-24-12-14/h1-4,11-13H,5-10H2,(H,22,26)(H,23,24). The van der Waals surface area contributed by atoms with Gasteiger partial charge in [-0.2, -0.15) is 18.3 Å². The second kappa shape index (κ2) is 7.80. The number of benzene rings is 1. The van der Waals surface area contributed by atoms with Crippen LogP contribution in [0.25, 0.3) is 0 Å². The molecule has 2 aromatic rings. The molecule has 0 bridgehead atoms. The Labute approximate surface area is 149 Å². The van der Waals surface area contributed by atoms with Crippen molar-refractivity contribution in [1.29, 1.82) is 0 Å². The first-order valence-electron chi connectivity index (χ1n) is 8.62. The molecule has 8 heteroatoms. The van der Waals surface area contributed by atoms with Crippen molar-refractivity contribution in [1.82, 2.24) is 15.5 Å². The lowest BCUT2D eigenvalue weighted by molar-refractivity contribution is -0.137. The fourth-order valence-corrected chi connectivity index (χ4v) is 3.21. The van der Waals surface area contributed by atoms with Gasteiger partial charge in [-0.1, -0.05) is 0 Å². The second-order valence-corrected chi connectivity index (χ2v) is 6.51. The van der Waals surface area contributed by atoms with Gasteiger partial charge in [0.2, 0.25) is 0 Å². The van der Waals surface area contributed by atoms with Gasteiger partial charge in [0.25, 0.3) is 5.91 Å². The fourth-order valence-electron chi connectivity index (χ4n) is 3.21. The van der Waals surface area contributed by atoms with Crippen molar-refractivity contribution in [2.75, 3.05) is 24.5 Å². The van der Waals surface area contributed by atoms with E-state index in [-0.39, 0.29) is 5.91 Å². The van der Waals surface area contributed by atoms with E-state index in [1.54, 1.807) is 6.20 Å². The van der Waals surface area contributed by atoms with Crippen LogP contribution < -0.4 is 10.2 Å². The first-order chi connectivity index (χ1) is 12.4. The summed E-state index contributed by atoms with van der Waals surface area (Å²) >= 11 is 0. The fraction of sp³-hybridized carbons (Fsp3) is 0.444. The molecule has 140 valence electrons. The molecule has 0 unspecified atom stereocenters. The van der Waals surface area contributed by atoms with E-state index < -0.39 is 11.7 Å². The topological polar surface area (TPSA) is 61.0 Å². The molecule has 0 radical (unpaired) electrons. The SMILES string of the molecule is O=C(NCCC1CCN(c2ccc(C(F)(F)F)cc2)CC1)c1cn[nH]c1. The molecule has 2 N–H and O–H groups in total. The van der Waals surface area contributed by atoms with Crippen LogP contribution >= 0.6 is 0 Å². The second-order valence-electron chi connectivity index (χ2n) is 6.51. The van der Waals surface area contributed by atoms with Gasteiger partial charge in [-0.15, -0.1) is 0 Å².